The number of carboxylic acids is 1. The van der Waals surface area contributed by atoms with Gasteiger partial charge < -0.3 is 10.4 Å². The Morgan fingerprint density at radius 1 is 1.07 bits per heavy atom. The van der Waals surface area contributed by atoms with Gasteiger partial charge in [0.05, 0.1) is 24.7 Å². The van der Waals surface area contributed by atoms with E-state index in [0.717, 1.165) is 17.1 Å². The van der Waals surface area contributed by atoms with Crippen molar-refractivity contribution in [1.82, 2.24) is 9.78 Å². The summed E-state index contributed by atoms with van der Waals surface area (Å²) in [4.78, 5) is 22.3. The lowest BCUT2D eigenvalue weighted by Crippen LogP contribution is -2.20. The van der Waals surface area contributed by atoms with Crippen molar-refractivity contribution in [2.24, 2.45) is 0 Å². The number of hydrogen-bond acceptors (Lipinski definition) is 3. The Labute approximate surface area is 145 Å². The highest BCUT2D eigenvalue weighted by atomic mass is 19.4. The van der Waals surface area contributed by atoms with Gasteiger partial charge in [0.15, 0.2) is 23.3 Å². The minimum Gasteiger partial charge on any atom is -0.481 e. The molecule has 1 amide bonds. The van der Waals surface area contributed by atoms with Crippen molar-refractivity contribution in [2.75, 3.05) is 5.32 Å². The van der Waals surface area contributed by atoms with Crippen LogP contribution in [0.5, 0.6) is 0 Å². The number of aryl methyl sites for hydroxylation is 1. The second-order valence-corrected chi connectivity index (χ2v) is 5.09. The first-order valence-electron chi connectivity index (χ1n) is 6.92. The summed E-state index contributed by atoms with van der Waals surface area (Å²) >= 11 is 0. The van der Waals surface area contributed by atoms with Crippen molar-refractivity contribution in [3.63, 3.8) is 0 Å². The molecule has 0 aliphatic heterocycles. The highest BCUT2D eigenvalue weighted by Crippen LogP contribution is 2.38. The van der Waals surface area contributed by atoms with Crippen LogP contribution >= 0.6 is 0 Å². The fourth-order valence-corrected chi connectivity index (χ4v) is 1.99. The first-order chi connectivity index (χ1) is 12.4. The highest BCUT2D eigenvalue weighted by Gasteiger charge is 2.42. The lowest BCUT2D eigenvalue weighted by molar-refractivity contribution is -0.143. The second-order valence-electron chi connectivity index (χ2n) is 5.09. The highest BCUT2D eigenvalue weighted by molar-refractivity contribution is 6.04. The Morgan fingerprint density at radius 3 is 2.11 bits per heavy atom. The van der Waals surface area contributed by atoms with Gasteiger partial charge in [-0.3, -0.25) is 14.3 Å². The average Bonchev–Trinajstić information content (AvgIpc) is 3.03. The Balaban J connectivity index is 2.32. The first kappa shape index (κ1) is 20.2. The maximum absolute atomic E-state index is 13.7. The Morgan fingerprint density at radius 2 is 1.63 bits per heavy atom. The lowest BCUT2D eigenvalue weighted by Gasteiger charge is -2.14. The van der Waals surface area contributed by atoms with Crippen LogP contribution in [0.4, 0.5) is 36.4 Å². The summed E-state index contributed by atoms with van der Waals surface area (Å²) in [6.07, 6.45) is -4.25. The summed E-state index contributed by atoms with van der Waals surface area (Å²) in [7, 11) is 0. The third-order valence-corrected chi connectivity index (χ3v) is 3.24. The second kappa shape index (κ2) is 7.25. The zero-order chi connectivity index (χ0) is 20.5. The summed E-state index contributed by atoms with van der Waals surface area (Å²) in [5.74, 6) is -12.8. The van der Waals surface area contributed by atoms with Gasteiger partial charge in [0.1, 0.15) is 11.3 Å². The minimum absolute atomic E-state index is 0.158. The average molecular weight is 399 g/mol. The maximum atomic E-state index is 13.7. The molecule has 0 bridgehead atoms. The van der Waals surface area contributed by atoms with Crippen LogP contribution in [0.2, 0.25) is 0 Å². The number of benzene rings is 1. The van der Waals surface area contributed by atoms with Gasteiger partial charge in [-0.05, 0) is 0 Å². The molecular weight excluding hydrogens is 391 g/mol. The maximum Gasteiger partial charge on any atom is 0.422 e. The van der Waals surface area contributed by atoms with Crippen LogP contribution < -0.4 is 5.32 Å². The molecule has 1 heterocycles. The van der Waals surface area contributed by atoms with Gasteiger partial charge in [-0.15, -0.1) is 0 Å². The number of carbonyl (C=O) groups excluding carboxylic acids is 1. The van der Waals surface area contributed by atoms with Crippen molar-refractivity contribution < 1.29 is 45.4 Å². The molecule has 0 fully saturated rings. The number of rotatable bonds is 5. The largest absolute Gasteiger partial charge is 0.481 e. The van der Waals surface area contributed by atoms with Crippen molar-refractivity contribution in [2.45, 2.75) is 19.1 Å². The van der Waals surface area contributed by atoms with E-state index in [-0.39, 0.29) is 18.5 Å². The third-order valence-electron chi connectivity index (χ3n) is 3.24. The lowest BCUT2D eigenvalue weighted by atomic mass is 10.1. The van der Waals surface area contributed by atoms with Crippen LogP contribution in [0, 0.1) is 23.3 Å². The molecule has 0 atom stereocenters. The van der Waals surface area contributed by atoms with E-state index in [4.69, 9.17) is 5.11 Å². The summed E-state index contributed by atoms with van der Waals surface area (Å²) in [5.41, 5.74) is -4.90. The minimum atomic E-state index is -5.70. The fraction of sp³-hybridized carbons (Fsp3) is 0.214. The number of amides is 1. The molecule has 13 heteroatoms. The number of hydrogen-bond donors (Lipinski definition) is 2. The molecular formula is C14H8F7N3O3. The molecule has 27 heavy (non-hydrogen) atoms. The van der Waals surface area contributed by atoms with Crippen LogP contribution in [-0.2, 0) is 17.5 Å². The number of nitrogens with zero attached hydrogens (tertiary/aromatic N) is 2. The molecule has 2 N–H and O–H groups in total. The smallest absolute Gasteiger partial charge is 0.422 e. The van der Waals surface area contributed by atoms with Crippen molar-refractivity contribution in [3.05, 3.63) is 46.8 Å². The van der Waals surface area contributed by atoms with E-state index in [2.05, 4.69) is 5.10 Å². The zero-order valence-corrected chi connectivity index (χ0v) is 12.9. The standard InChI is InChI=1S/C14H8F7N3O3/c15-8-7(14(19,20)21)9(16)11(18)12(10(8)17)23-13(27)5-3-22-24(4-5)2-1-6(25)26/h3-4H,1-2H2,(H,23,27)(H,25,26). The number of aliphatic carboxylic acids is 1. The van der Waals surface area contributed by atoms with Gasteiger partial charge in [-0.2, -0.15) is 18.3 Å². The number of halogens is 7. The molecule has 1 aromatic carbocycles. The van der Waals surface area contributed by atoms with E-state index in [1.807, 2.05) is 0 Å². The van der Waals surface area contributed by atoms with Crippen LogP contribution in [0.1, 0.15) is 22.3 Å². The van der Waals surface area contributed by atoms with E-state index in [1.54, 1.807) is 0 Å². The van der Waals surface area contributed by atoms with Crippen LogP contribution in [-0.4, -0.2) is 26.8 Å². The molecule has 0 spiro atoms. The summed E-state index contributed by atoms with van der Waals surface area (Å²) in [6, 6.07) is 0. The Kier molecular flexibility index (Phi) is 5.42. The van der Waals surface area contributed by atoms with Crippen LogP contribution in [0.3, 0.4) is 0 Å². The summed E-state index contributed by atoms with van der Waals surface area (Å²) in [6.45, 7) is -0.158. The number of alkyl halides is 3. The SMILES string of the molecule is O=C(O)CCn1cc(C(=O)Nc2c(F)c(F)c(C(F)(F)F)c(F)c2F)cn1. The van der Waals surface area contributed by atoms with E-state index in [1.165, 1.54) is 5.32 Å². The summed E-state index contributed by atoms with van der Waals surface area (Å²) in [5, 5.41) is 13.5. The normalized spacial score (nSPS) is 11.5. The molecule has 1 aromatic heterocycles. The molecule has 0 unspecified atom stereocenters. The van der Waals surface area contributed by atoms with Crippen LogP contribution in [0.15, 0.2) is 12.4 Å². The quantitative estimate of drug-likeness (QED) is 0.598. The van der Waals surface area contributed by atoms with E-state index in [0.29, 0.717) is 0 Å². The van der Waals surface area contributed by atoms with Gasteiger partial charge in [-0.25, -0.2) is 17.6 Å². The third kappa shape index (κ3) is 4.17. The molecule has 6 nitrogen and oxygen atoms in total. The molecule has 0 saturated heterocycles. The van der Waals surface area contributed by atoms with E-state index >= 15 is 0 Å². The number of carbonyl (C=O) groups is 2. The predicted molar refractivity (Wildman–Crippen MR) is 73.7 cm³/mol. The molecule has 0 radical (unpaired) electrons. The van der Waals surface area contributed by atoms with Crippen molar-refractivity contribution >= 4 is 17.6 Å². The van der Waals surface area contributed by atoms with Gasteiger partial charge in [0.2, 0.25) is 0 Å². The number of anilines is 1. The molecule has 0 aliphatic rings. The Hall–Kier alpha value is -3.12. The molecule has 0 aliphatic carbocycles. The van der Waals surface area contributed by atoms with Gasteiger partial charge in [0.25, 0.3) is 5.91 Å². The predicted octanol–water partition coefficient (Wildman–Crippen LogP) is 3.19. The first-order valence-corrected chi connectivity index (χ1v) is 6.92. The molecule has 2 aromatic rings. The topological polar surface area (TPSA) is 84.2 Å². The van der Waals surface area contributed by atoms with E-state index in [9.17, 15) is 40.3 Å². The number of nitrogens with one attached hydrogen (secondary N) is 1. The summed E-state index contributed by atoms with van der Waals surface area (Å²) < 4.78 is 93.0. The van der Waals surface area contributed by atoms with Gasteiger partial charge in [0, 0.05) is 6.20 Å². The fourth-order valence-electron chi connectivity index (χ4n) is 1.99. The van der Waals surface area contributed by atoms with Crippen LogP contribution in [0.25, 0.3) is 0 Å². The van der Waals surface area contributed by atoms with Gasteiger partial charge >= 0.3 is 12.1 Å². The molecule has 146 valence electrons. The number of carboxylic acid groups (broad SMARTS) is 1. The zero-order valence-electron chi connectivity index (χ0n) is 12.9. The Bertz CT molecular complexity index is 879. The van der Waals surface area contributed by atoms with E-state index < -0.39 is 52.6 Å². The molecule has 2 rings (SSSR count). The monoisotopic (exact) mass is 399 g/mol. The van der Waals surface area contributed by atoms with Gasteiger partial charge in [-0.1, -0.05) is 0 Å². The number of aromatic nitrogens is 2. The van der Waals surface area contributed by atoms with Crippen molar-refractivity contribution in [3.8, 4) is 0 Å². The molecule has 0 saturated carbocycles. The van der Waals surface area contributed by atoms with Crippen molar-refractivity contribution in [1.29, 1.82) is 0 Å².